The van der Waals surface area contributed by atoms with Crippen molar-refractivity contribution in [3.05, 3.63) is 120 Å². The average Bonchev–Trinajstić information content (AvgIpc) is 3.22. The molecule has 0 aliphatic rings. The van der Waals surface area contributed by atoms with E-state index in [2.05, 4.69) is 102 Å². The van der Waals surface area contributed by atoms with Gasteiger partial charge in [-0.2, -0.15) is 5.26 Å². The van der Waals surface area contributed by atoms with Gasteiger partial charge in [0.05, 0.1) is 28.4 Å². The zero-order valence-corrected chi connectivity index (χ0v) is 19.7. The fraction of sp³-hybridized carbons (Fsp3) is 0.0625. The van der Waals surface area contributed by atoms with Gasteiger partial charge in [-0.25, -0.2) is 0 Å². The number of hydrogen-bond donors (Lipinski definition) is 0. The van der Waals surface area contributed by atoms with Gasteiger partial charge in [0.1, 0.15) is 0 Å². The molecule has 4 aromatic carbocycles. The van der Waals surface area contributed by atoms with E-state index >= 15 is 0 Å². The first-order valence-electron chi connectivity index (χ1n) is 11.7. The monoisotopic (exact) mass is 449 g/mol. The molecule has 6 aromatic rings. The number of fused-ring (bicyclic) bond motifs is 3. The molecule has 0 fully saturated rings. The number of aromatic nitrogens is 2. The van der Waals surface area contributed by atoms with Crippen LogP contribution in [0.5, 0.6) is 0 Å². The Morgan fingerprint density at radius 2 is 1.46 bits per heavy atom. The Hall–Kier alpha value is -4.68. The molecule has 0 atom stereocenters. The van der Waals surface area contributed by atoms with E-state index in [0.29, 0.717) is 5.56 Å². The van der Waals surface area contributed by atoms with Crippen LogP contribution in [0.15, 0.2) is 103 Å². The van der Waals surface area contributed by atoms with Crippen molar-refractivity contribution >= 4 is 21.8 Å². The first kappa shape index (κ1) is 20.9. The SMILES string of the molecule is Cc1cccc(-c2ccc3c4ccccc4n(-c4cc(C#N)c(-c5ccncc5)cc4C)c3c2)c1. The highest BCUT2D eigenvalue weighted by atomic mass is 15.0. The molecule has 0 saturated carbocycles. The van der Waals surface area contributed by atoms with E-state index in [-0.39, 0.29) is 0 Å². The van der Waals surface area contributed by atoms with Gasteiger partial charge in [-0.3, -0.25) is 4.98 Å². The van der Waals surface area contributed by atoms with E-state index < -0.39 is 0 Å². The summed E-state index contributed by atoms with van der Waals surface area (Å²) in [6.45, 7) is 4.24. The lowest BCUT2D eigenvalue weighted by atomic mass is 9.97. The van der Waals surface area contributed by atoms with Gasteiger partial charge in [-0.1, -0.05) is 60.2 Å². The minimum absolute atomic E-state index is 0.651. The number of hydrogen-bond acceptors (Lipinski definition) is 2. The zero-order valence-electron chi connectivity index (χ0n) is 19.7. The van der Waals surface area contributed by atoms with Crippen molar-refractivity contribution in [1.29, 1.82) is 5.26 Å². The van der Waals surface area contributed by atoms with Crippen LogP contribution < -0.4 is 0 Å². The number of aryl methyl sites for hydroxylation is 2. The van der Waals surface area contributed by atoms with Gasteiger partial charge >= 0.3 is 0 Å². The quantitative estimate of drug-likeness (QED) is 0.275. The highest BCUT2D eigenvalue weighted by Crippen LogP contribution is 2.37. The summed E-state index contributed by atoms with van der Waals surface area (Å²) in [4.78, 5) is 4.13. The summed E-state index contributed by atoms with van der Waals surface area (Å²) in [5.41, 5.74) is 10.6. The zero-order chi connectivity index (χ0) is 23.9. The third-order valence-electron chi connectivity index (χ3n) is 6.71. The number of rotatable bonds is 3. The molecule has 0 saturated heterocycles. The van der Waals surface area contributed by atoms with Crippen LogP contribution in [0.2, 0.25) is 0 Å². The number of nitrogens with zero attached hydrogens (tertiary/aromatic N) is 3. The number of para-hydroxylation sites is 1. The van der Waals surface area contributed by atoms with Crippen molar-refractivity contribution in [3.8, 4) is 34.0 Å². The molecule has 0 unspecified atom stereocenters. The van der Waals surface area contributed by atoms with Gasteiger partial charge in [0.25, 0.3) is 0 Å². The molecule has 6 rings (SSSR count). The first-order valence-corrected chi connectivity index (χ1v) is 11.7. The lowest BCUT2D eigenvalue weighted by molar-refractivity contribution is 1.15. The third-order valence-corrected chi connectivity index (χ3v) is 6.71. The van der Waals surface area contributed by atoms with Crippen molar-refractivity contribution in [3.63, 3.8) is 0 Å². The molecule has 2 aromatic heterocycles. The van der Waals surface area contributed by atoms with Crippen LogP contribution >= 0.6 is 0 Å². The fourth-order valence-corrected chi connectivity index (χ4v) is 5.03. The molecule has 0 spiro atoms. The molecule has 2 heterocycles. The minimum Gasteiger partial charge on any atom is -0.309 e. The van der Waals surface area contributed by atoms with Crippen molar-refractivity contribution in [2.75, 3.05) is 0 Å². The number of nitriles is 1. The first-order chi connectivity index (χ1) is 17.1. The summed E-state index contributed by atoms with van der Waals surface area (Å²) in [6.07, 6.45) is 3.53. The largest absolute Gasteiger partial charge is 0.309 e. The van der Waals surface area contributed by atoms with Crippen molar-refractivity contribution < 1.29 is 0 Å². The molecule has 0 radical (unpaired) electrons. The molecular formula is C32H23N3. The second-order valence-electron chi connectivity index (χ2n) is 8.99. The smallest absolute Gasteiger partial charge is 0.0998 e. The lowest BCUT2D eigenvalue weighted by Crippen LogP contribution is -2.00. The molecule has 0 amide bonds. The van der Waals surface area contributed by atoms with E-state index in [9.17, 15) is 5.26 Å². The minimum atomic E-state index is 0.651. The maximum absolute atomic E-state index is 10.1. The molecule has 0 aliphatic carbocycles. The van der Waals surface area contributed by atoms with Gasteiger partial charge in [0.2, 0.25) is 0 Å². The molecule has 3 nitrogen and oxygen atoms in total. The molecule has 0 N–H and O–H groups in total. The van der Waals surface area contributed by atoms with Gasteiger partial charge in [0, 0.05) is 23.2 Å². The highest BCUT2D eigenvalue weighted by Gasteiger charge is 2.17. The van der Waals surface area contributed by atoms with E-state index in [4.69, 9.17) is 0 Å². The Labute approximate surface area is 204 Å². The molecule has 3 heteroatoms. The topological polar surface area (TPSA) is 41.6 Å². The summed E-state index contributed by atoms with van der Waals surface area (Å²) in [5, 5.41) is 12.5. The van der Waals surface area contributed by atoms with E-state index in [1.807, 2.05) is 18.2 Å². The van der Waals surface area contributed by atoms with Crippen LogP contribution in [0.1, 0.15) is 16.7 Å². The van der Waals surface area contributed by atoms with Gasteiger partial charge in [-0.05, 0) is 78.1 Å². The van der Waals surface area contributed by atoms with E-state index in [1.165, 1.54) is 27.5 Å². The van der Waals surface area contributed by atoms with Crippen LogP contribution in [0.3, 0.4) is 0 Å². The maximum Gasteiger partial charge on any atom is 0.0998 e. The summed E-state index contributed by atoms with van der Waals surface area (Å²) in [6, 6.07) is 34.2. The van der Waals surface area contributed by atoms with E-state index in [1.54, 1.807) is 12.4 Å². The van der Waals surface area contributed by atoms with Crippen LogP contribution in [-0.2, 0) is 0 Å². The Kier molecular flexibility index (Phi) is 4.94. The van der Waals surface area contributed by atoms with E-state index in [0.717, 1.165) is 33.4 Å². The Bertz CT molecular complexity index is 1770. The summed E-state index contributed by atoms with van der Waals surface area (Å²) >= 11 is 0. The predicted octanol–water partition coefficient (Wildman–Crippen LogP) is 8.00. The second kappa shape index (κ2) is 8.27. The summed E-state index contributed by atoms with van der Waals surface area (Å²) < 4.78 is 2.30. The van der Waals surface area contributed by atoms with Gasteiger partial charge < -0.3 is 4.57 Å². The number of pyridine rings is 1. The molecular weight excluding hydrogens is 426 g/mol. The Balaban J connectivity index is 1.65. The normalized spacial score (nSPS) is 11.1. The molecule has 0 bridgehead atoms. The van der Waals surface area contributed by atoms with Crippen LogP contribution in [0.25, 0.3) is 49.7 Å². The second-order valence-corrected chi connectivity index (χ2v) is 8.99. The average molecular weight is 450 g/mol. The van der Waals surface area contributed by atoms with Crippen LogP contribution in [0.4, 0.5) is 0 Å². The predicted molar refractivity (Wildman–Crippen MR) is 144 cm³/mol. The van der Waals surface area contributed by atoms with Crippen molar-refractivity contribution in [1.82, 2.24) is 9.55 Å². The van der Waals surface area contributed by atoms with Gasteiger partial charge in [0.15, 0.2) is 0 Å². The van der Waals surface area contributed by atoms with Crippen molar-refractivity contribution in [2.24, 2.45) is 0 Å². The highest BCUT2D eigenvalue weighted by molar-refractivity contribution is 6.10. The summed E-state index contributed by atoms with van der Waals surface area (Å²) in [7, 11) is 0. The number of benzene rings is 4. The molecule has 0 aliphatic heterocycles. The Morgan fingerprint density at radius 1 is 0.686 bits per heavy atom. The fourth-order valence-electron chi connectivity index (χ4n) is 5.03. The Morgan fingerprint density at radius 3 is 2.26 bits per heavy atom. The summed E-state index contributed by atoms with van der Waals surface area (Å²) in [5.74, 6) is 0. The van der Waals surface area contributed by atoms with Crippen LogP contribution in [0, 0.1) is 25.2 Å². The van der Waals surface area contributed by atoms with Gasteiger partial charge in [-0.15, -0.1) is 0 Å². The van der Waals surface area contributed by atoms with Crippen molar-refractivity contribution in [2.45, 2.75) is 13.8 Å². The maximum atomic E-state index is 10.1. The standard InChI is InChI=1S/C32H23N3/c1-21-6-5-7-24(16-21)25-10-11-28-27-8-3-4-9-30(27)35(32(28)18-25)31-19-26(20-33)29(17-22(31)2)23-12-14-34-15-13-23/h3-19H,1-2H3. The molecule has 166 valence electrons. The van der Waals surface area contributed by atoms with Crippen LogP contribution in [-0.4, -0.2) is 9.55 Å². The molecule has 35 heavy (non-hydrogen) atoms. The lowest BCUT2D eigenvalue weighted by Gasteiger charge is -2.15. The third kappa shape index (κ3) is 3.48.